The predicted octanol–water partition coefficient (Wildman–Crippen LogP) is 5.46. The molecule has 4 N–H and O–H groups in total. The number of hydrogen-bond donors (Lipinski definition) is 4. The molecule has 8 nitrogen and oxygen atoms in total. The highest BCUT2D eigenvalue weighted by molar-refractivity contribution is 6.61. The number of carbonyl (C=O) groups is 3. The van der Waals surface area contributed by atoms with Gasteiger partial charge in [0.2, 0.25) is 17.3 Å². The second-order valence-corrected chi connectivity index (χ2v) is 9.95. The smallest absolute Gasteiger partial charge is 0.375 e. The molecule has 0 unspecified atom stereocenters. The standard InChI is InChI=1S/C32H19N3O5/c36-28-27(21-15-35-24-12-6-3-9-18(21)24)32(40-31(28)39)29(37)25(19-13-33-22-10-4-1-7-16(19)22)26(30(32)38)20-14-34-23-11-5-2-8-17(20)23/h1-15,33-36H. The van der Waals surface area contributed by atoms with Crippen molar-refractivity contribution in [3.8, 4) is 0 Å². The van der Waals surface area contributed by atoms with Crippen molar-refractivity contribution >= 4 is 67.0 Å². The van der Waals surface area contributed by atoms with Crippen LogP contribution in [-0.4, -0.2) is 43.2 Å². The van der Waals surface area contributed by atoms with Gasteiger partial charge in [0.1, 0.15) is 0 Å². The second-order valence-electron chi connectivity index (χ2n) is 9.95. The van der Waals surface area contributed by atoms with Gasteiger partial charge in [-0.2, -0.15) is 0 Å². The van der Waals surface area contributed by atoms with Crippen LogP contribution in [0.15, 0.2) is 97.1 Å². The highest BCUT2D eigenvalue weighted by Crippen LogP contribution is 2.53. The van der Waals surface area contributed by atoms with Gasteiger partial charge in [0, 0.05) is 79.1 Å². The lowest BCUT2D eigenvalue weighted by Gasteiger charge is -2.23. The average molecular weight is 526 g/mol. The number of para-hydroxylation sites is 3. The number of fused-ring (bicyclic) bond motifs is 3. The zero-order valence-corrected chi connectivity index (χ0v) is 20.7. The minimum absolute atomic E-state index is 0.118. The number of aliphatic hydroxyl groups is 1. The zero-order chi connectivity index (χ0) is 27.2. The number of ether oxygens (including phenoxy) is 1. The summed E-state index contributed by atoms with van der Waals surface area (Å²) < 4.78 is 5.67. The summed E-state index contributed by atoms with van der Waals surface area (Å²) in [7, 11) is 0. The fourth-order valence-corrected chi connectivity index (χ4v) is 6.18. The van der Waals surface area contributed by atoms with E-state index in [1.54, 1.807) is 30.7 Å². The lowest BCUT2D eigenvalue weighted by Crippen LogP contribution is -2.44. The molecule has 4 heterocycles. The van der Waals surface area contributed by atoms with E-state index in [0.717, 1.165) is 21.8 Å². The number of rotatable bonds is 3. The largest absolute Gasteiger partial charge is 0.501 e. The van der Waals surface area contributed by atoms with E-state index in [0.29, 0.717) is 27.6 Å². The van der Waals surface area contributed by atoms with Gasteiger partial charge < -0.3 is 24.8 Å². The first-order valence-electron chi connectivity index (χ1n) is 12.7. The first-order chi connectivity index (χ1) is 19.5. The molecule has 0 bridgehead atoms. The first-order valence-corrected chi connectivity index (χ1v) is 12.7. The van der Waals surface area contributed by atoms with E-state index in [2.05, 4.69) is 15.0 Å². The van der Waals surface area contributed by atoms with Crippen LogP contribution < -0.4 is 0 Å². The fourth-order valence-electron chi connectivity index (χ4n) is 6.18. The average Bonchev–Trinajstić information content (AvgIpc) is 3.78. The maximum absolute atomic E-state index is 14.7. The summed E-state index contributed by atoms with van der Waals surface area (Å²) in [6.07, 6.45) is 4.95. The van der Waals surface area contributed by atoms with Crippen LogP contribution in [0, 0.1) is 0 Å². The molecule has 3 aromatic heterocycles. The lowest BCUT2D eigenvalue weighted by molar-refractivity contribution is -0.157. The number of benzene rings is 3. The summed E-state index contributed by atoms with van der Waals surface area (Å²) in [6, 6.07) is 22.2. The van der Waals surface area contributed by atoms with Gasteiger partial charge in [0.25, 0.3) is 5.60 Å². The van der Waals surface area contributed by atoms with Crippen molar-refractivity contribution < 1.29 is 24.2 Å². The van der Waals surface area contributed by atoms with Crippen molar-refractivity contribution in [3.05, 3.63) is 114 Å². The molecule has 0 fully saturated rings. The minimum atomic E-state index is -2.38. The summed E-state index contributed by atoms with van der Waals surface area (Å²) in [4.78, 5) is 51.9. The number of carbonyl (C=O) groups excluding carboxylic acids is 3. The maximum atomic E-state index is 14.7. The van der Waals surface area contributed by atoms with E-state index in [4.69, 9.17) is 4.74 Å². The van der Waals surface area contributed by atoms with Crippen LogP contribution in [-0.2, 0) is 19.1 Å². The number of aromatic amines is 3. The van der Waals surface area contributed by atoms with Crippen LogP contribution in [0.4, 0.5) is 0 Å². The van der Waals surface area contributed by atoms with Crippen molar-refractivity contribution in [1.82, 2.24) is 15.0 Å². The van der Waals surface area contributed by atoms with Crippen molar-refractivity contribution in [3.63, 3.8) is 0 Å². The Morgan fingerprint density at radius 1 is 0.575 bits per heavy atom. The molecule has 8 heteroatoms. The molecular formula is C32H19N3O5. The summed E-state index contributed by atoms with van der Waals surface area (Å²) in [5.41, 5.74) is 1.33. The number of aliphatic hydroxyl groups excluding tert-OH is 1. The zero-order valence-electron chi connectivity index (χ0n) is 20.7. The monoisotopic (exact) mass is 525 g/mol. The third-order valence-electron chi connectivity index (χ3n) is 7.95. The molecule has 0 saturated heterocycles. The molecule has 1 aliphatic heterocycles. The number of aromatic nitrogens is 3. The van der Waals surface area contributed by atoms with Crippen LogP contribution in [0.5, 0.6) is 0 Å². The molecule has 3 aromatic carbocycles. The van der Waals surface area contributed by atoms with Crippen molar-refractivity contribution in [2.45, 2.75) is 5.60 Å². The number of ketones is 2. The second kappa shape index (κ2) is 7.70. The molecule has 192 valence electrons. The van der Waals surface area contributed by atoms with E-state index in [-0.39, 0.29) is 16.7 Å². The van der Waals surface area contributed by atoms with Gasteiger partial charge in [-0.25, -0.2) is 4.79 Å². The molecule has 6 aromatic rings. The summed E-state index contributed by atoms with van der Waals surface area (Å²) in [6.45, 7) is 0. The van der Waals surface area contributed by atoms with Gasteiger partial charge in [-0.1, -0.05) is 54.6 Å². The molecule has 0 atom stereocenters. The van der Waals surface area contributed by atoms with E-state index < -0.39 is 28.9 Å². The number of esters is 1. The van der Waals surface area contributed by atoms with Crippen molar-refractivity contribution in [1.29, 1.82) is 0 Å². The van der Waals surface area contributed by atoms with Gasteiger partial charge >= 0.3 is 5.97 Å². The van der Waals surface area contributed by atoms with E-state index in [1.807, 2.05) is 60.7 Å². The van der Waals surface area contributed by atoms with Crippen molar-refractivity contribution in [2.24, 2.45) is 0 Å². The van der Waals surface area contributed by atoms with Crippen LogP contribution in [0.3, 0.4) is 0 Å². The molecule has 2 aliphatic rings. The molecular weight excluding hydrogens is 506 g/mol. The number of nitrogens with one attached hydrogen (secondary N) is 3. The summed E-state index contributed by atoms with van der Waals surface area (Å²) >= 11 is 0. The Hall–Kier alpha value is -5.63. The molecule has 0 amide bonds. The van der Waals surface area contributed by atoms with Gasteiger partial charge in [-0.3, -0.25) is 9.59 Å². The predicted molar refractivity (Wildman–Crippen MR) is 150 cm³/mol. The lowest BCUT2D eigenvalue weighted by atomic mass is 9.82. The van der Waals surface area contributed by atoms with Crippen molar-refractivity contribution in [2.75, 3.05) is 0 Å². The fraction of sp³-hybridized carbons (Fsp3) is 0.0312. The van der Waals surface area contributed by atoms with Crippen LogP contribution in [0.2, 0.25) is 0 Å². The van der Waals surface area contributed by atoms with E-state index in [1.165, 1.54) is 0 Å². The summed E-state index contributed by atoms with van der Waals surface area (Å²) in [5, 5.41) is 13.2. The molecule has 1 aliphatic carbocycles. The van der Waals surface area contributed by atoms with Gasteiger partial charge in [-0.15, -0.1) is 0 Å². The first kappa shape index (κ1) is 22.4. The van der Waals surface area contributed by atoms with E-state index in [9.17, 15) is 19.5 Å². The Morgan fingerprint density at radius 2 is 0.975 bits per heavy atom. The van der Waals surface area contributed by atoms with Crippen LogP contribution in [0.25, 0.3) is 49.4 Å². The number of hydrogen-bond acceptors (Lipinski definition) is 5. The third kappa shape index (κ3) is 2.66. The molecule has 0 radical (unpaired) electrons. The number of H-pyrrole nitrogens is 3. The normalized spacial score (nSPS) is 16.9. The molecule has 0 saturated carbocycles. The van der Waals surface area contributed by atoms with Crippen LogP contribution in [0.1, 0.15) is 16.7 Å². The van der Waals surface area contributed by atoms with Gasteiger partial charge in [0.05, 0.1) is 5.57 Å². The Labute approximate surface area is 225 Å². The Kier molecular flexibility index (Phi) is 4.31. The Bertz CT molecular complexity index is 2070. The highest BCUT2D eigenvalue weighted by atomic mass is 16.6. The highest BCUT2D eigenvalue weighted by Gasteiger charge is 2.66. The third-order valence-corrected chi connectivity index (χ3v) is 7.95. The summed E-state index contributed by atoms with van der Waals surface area (Å²) in [5.74, 6) is -3.30. The van der Waals surface area contributed by atoms with Crippen LogP contribution >= 0.6 is 0 Å². The topological polar surface area (TPSA) is 128 Å². The molecule has 8 rings (SSSR count). The molecule has 40 heavy (non-hydrogen) atoms. The Balaban J connectivity index is 1.45. The van der Waals surface area contributed by atoms with E-state index >= 15 is 0 Å². The van der Waals surface area contributed by atoms with Gasteiger partial charge in [0.15, 0.2) is 0 Å². The Morgan fingerprint density at radius 3 is 1.45 bits per heavy atom. The molecule has 1 spiro atoms. The van der Waals surface area contributed by atoms with Gasteiger partial charge in [-0.05, 0) is 18.2 Å². The number of Topliss-reactive ketones (excluding diaryl/α,β-unsaturated/α-hetero) is 2. The SMILES string of the molecule is O=C1OC2(C(=O)C(c3c[nH]c4ccccc34)=C(c3c[nH]c4ccccc34)C2=O)C(c2c[nH]c3ccccc23)=C1O. The minimum Gasteiger partial charge on any atom is -0.501 e. The maximum Gasteiger partial charge on any atom is 0.375 e. The quantitative estimate of drug-likeness (QED) is 0.180.